The summed E-state index contributed by atoms with van der Waals surface area (Å²) in [6.07, 6.45) is 0. The summed E-state index contributed by atoms with van der Waals surface area (Å²) < 4.78 is 0. The van der Waals surface area contributed by atoms with Crippen molar-refractivity contribution < 1.29 is 4.92 Å². The van der Waals surface area contributed by atoms with Gasteiger partial charge >= 0.3 is 0 Å². The molecular formula is C12H10ClN3O2S. The van der Waals surface area contributed by atoms with Gasteiger partial charge in [-0.15, -0.1) is 0 Å². The van der Waals surface area contributed by atoms with Crippen molar-refractivity contribution in [3.05, 3.63) is 57.6 Å². The lowest BCUT2D eigenvalue weighted by Crippen LogP contribution is -2.07. The molecule has 0 atom stereocenters. The smallest absolute Gasteiger partial charge is 0.272 e. The molecule has 0 radical (unpaired) electrons. The van der Waals surface area contributed by atoms with Crippen LogP contribution in [0.25, 0.3) is 0 Å². The predicted molar refractivity (Wildman–Crippen MR) is 76.5 cm³/mol. The number of non-ortho nitro benzene ring substituents is 1. The van der Waals surface area contributed by atoms with Gasteiger partial charge in [0, 0.05) is 26.9 Å². The molecule has 2 aromatic rings. The van der Waals surface area contributed by atoms with E-state index in [0.29, 0.717) is 15.6 Å². The van der Waals surface area contributed by atoms with Crippen molar-refractivity contribution >= 4 is 34.7 Å². The molecule has 0 saturated heterocycles. The van der Waals surface area contributed by atoms with Crippen LogP contribution >= 0.6 is 23.4 Å². The number of nitrogen functional groups attached to an aromatic ring is 1. The fourth-order valence-corrected chi connectivity index (χ4v) is 2.72. The van der Waals surface area contributed by atoms with Crippen molar-refractivity contribution in [3.63, 3.8) is 0 Å². The number of rotatable bonds is 4. The zero-order chi connectivity index (χ0) is 13.8. The summed E-state index contributed by atoms with van der Waals surface area (Å²) in [6, 6.07) is 11.9. The Bertz CT molecular complexity index is 622. The van der Waals surface area contributed by atoms with Gasteiger partial charge in [-0.25, -0.2) is 0 Å². The highest BCUT2D eigenvalue weighted by Gasteiger charge is 2.10. The molecule has 3 N–H and O–H groups in total. The summed E-state index contributed by atoms with van der Waals surface area (Å²) in [5.41, 5.74) is 2.89. The van der Waals surface area contributed by atoms with E-state index in [1.807, 2.05) is 12.1 Å². The molecule has 0 heterocycles. The Labute approximate surface area is 118 Å². The fraction of sp³-hybridized carbons (Fsp3) is 0. The van der Waals surface area contributed by atoms with E-state index in [4.69, 9.17) is 17.4 Å². The van der Waals surface area contributed by atoms with Gasteiger partial charge in [-0.2, -0.15) is 0 Å². The van der Waals surface area contributed by atoms with Crippen LogP contribution in [0.15, 0.2) is 52.3 Å². The second kappa shape index (κ2) is 5.92. The summed E-state index contributed by atoms with van der Waals surface area (Å²) >= 11 is 7.28. The molecule has 0 aromatic heterocycles. The van der Waals surface area contributed by atoms with Crippen molar-refractivity contribution in [2.24, 2.45) is 5.84 Å². The maximum Gasteiger partial charge on any atom is 0.272 e. The predicted octanol–water partition coefficient (Wildman–Crippen LogP) is 3.69. The lowest BCUT2D eigenvalue weighted by molar-refractivity contribution is -0.385. The molecule has 0 aliphatic heterocycles. The minimum Gasteiger partial charge on any atom is -0.324 e. The maximum atomic E-state index is 10.8. The standard InChI is InChI=1S/C12H10ClN3O2S/c13-8-2-1-3-11(4-8)19-12-6-9(15-14)5-10(7-12)16(17)18/h1-7,15H,14H2. The second-order valence-electron chi connectivity index (χ2n) is 3.68. The van der Waals surface area contributed by atoms with E-state index in [1.54, 1.807) is 18.2 Å². The first kappa shape index (κ1) is 13.7. The zero-order valence-corrected chi connectivity index (χ0v) is 11.2. The third-order valence-corrected chi connectivity index (χ3v) is 3.50. The minimum absolute atomic E-state index is 0.0139. The monoisotopic (exact) mass is 295 g/mol. The molecule has 19 heavy (non-hydrogen) atoms. The Morgan fingerprint density at radius 1 is 1.21 bits per heavy atom. The van der Waals surface area contributed by atoms with E-state index in [9.17, 15) is 10.1 Å². The van der Waals surface area contributed by atoms with E-state index < -0.39 is 4.92 Å². The first-order valence-electron chi connectivity index (χ1n) is 5.28. The van der Waals surface area contributed by atoms with E-state index in [2.05, 4.69) is 5.43 Å². The zero-order valence-electron chi connectivity index (χ0n) is 9.67. The second-order valence-corrected chi connectivity index (χ2v) is 5.26. The summed E-state index contributed by atoms with van der Waals surface area (Å²) in [7, 11) is 0. The highest BCUT2D eigenvalue weighted by molar-refractivity contribution is 7.99. The molecule has 98 valence electrons. The number of benzene rings is 2. The number of nitro groups is 1. The summed E-state index contributed by atoms with van der Waals surface area (Å²) in [4.78, 5) is 12.0. The van der Waals surface area contributed by atoms with Gasteiger partial charge in [0.15, 0.2) is 0 Å². The lowest BCUT2D eigenvalue weighted by Gasteiger charge is -2.05. The lowest BCUT2D eigenvalue weighted by atomic mass is 10.3. The SMILES string of the molecule is NNc1cc(Sc2cccc(Cl)c2)cc([N+](=O)[O-])c1. The van der Waals surface area contributed by atoms with Crippen molar-refractivity contribution in [2.45, 2.75) is 9.79 Å². The topological polar surface area (TPSA) is 81.2 Å². The quantitative estimate of drug-likeness (QED) is 0.511. The first-order valence-corrected chi connectivity index (χ1v) is 6.47. The number of hydrazine groups is 1. The molecule has 5 nitrogen and oxygen atoms in total. The molecule has 0 aliphatic carbocycles. The summed E-state index contributed by atoms with van der Waals surface area (Å²) in [5.74, 6) is 5.30. The van der Waals surface area contributed by atoms with Gasteiger partial charge in [-0.1, -0.05) is 29.4 Å². The average Bonchev–Trinajstić information content (AvgIpc) is 2.38. The van der Waals surface area contributed by atoms with Crippen molar-refractivity contribution in [2.75, 3.05) is 5.43 Å². The fourth-order valence-electron chi connectivity index (χ4n) is 1.50. The van der Waals surface area contributed by atoms with Crippen LogP contribution < -0.4 is 11.3 Å². The molecular weight excluding hydrogens is 286 g/mol. The van der Waals surface area contributed by atoms with Gasteiger partial charge in [-0.3, -0.25) is 16.0 Å². The molecule has 0 amide bonds. The van der Waals surface area contributed by atoms with Crippen LogP contribution in [0.5, 0.6) is 0 Å². The molecule has 2 aromatic carbocycles. The van der Waals surface area contributed by atoms with Crippen LogP contribution in [0.1, 0.15) is 0 Å². The Kier molecular flexibility index (Phi) is 4.26. The Morgan fingerprint density at radius 3 is 2.63 bits per heavy atom. The van der Waals surface area contributed by atoms with Crippen LogP contribution in [0.3, 0.4) is 0 Å². The summed E-state index contributed by atoms with van der Waals surface area (Å²) in [6.45, 7) is 0. The number of anilines is 1. The van der Waals surface area contributed by atoms with E-state index in [-0.39, 0.29) is 5.69 Å². The van der Waals surface area contributed by atoms with E-state index in [1.165, 1.54) is 23.9 Å². The van der Waals surface area contributed by atoms with Gasteiger partial charge in [0.2, 0.25) is 0 Å². The van der Waals surface area contributed by atoms with Crippen molar-refractivity contribution in [3.8, 4) is 0 Å². The van der Waals surface area contributed by atoms with Crippen LogP contribution in [-0.4, -0.2) is 4.92 Å². The van der Waals surface area contributed by atoms with E-state index >= 15 is 0 Å². The van der Waals surface area contributed by atoms with Crippen LogP contribution in [0.4, 0.5) is 11.4 Å². The van der Waals surface area contributed by atoms with Gasteiger partial charge in [0.05, 0.1) is 10.6 Å². The number of nitro benzene ring substituents is 1. The first-order chi connectivity index (χ1) is 9.08. The molecule has 0 spiro atoms. The average molecular weight is 296 g/mol. The van der Waals surface area contributed by atoms with Crippen LogP contribution in [-0.2, 0) is 0 Å². The Balaban J connectivity index is 2.34. The molecule has 0 saturated carbocycles. The molecule has 7 heteroatoms. The maximum absolute atomic E-state index is 10.8. The molecule has 0 aliphatic rings. The van der Waals surface area contributed by atoms with Crippen molar-refractivity contribution in [1.29, 1.82) is 0 Å². The van der Waals surface area contributed by atoms with Crippen molar-refractivity contribution in [1.82, 2.24) is 0 Å². The minimum atomic E-state index is -0.455. The van der Waals surface area contributed by atoms with Gasteiger partial charge in [0.25, 0.3) is 5.69 Å². The number of halogens is 1. The largest absolute Gasteiger partial charge is 0.324 e. The molecule has 0 bridgehead atoms. The van der Waals surface area contributed by atoms with Gasteiger partial charge in [0.1, 0.15) is 0 Å². The Morgan fingerprint density at radius 2 is 2.00 bits per heavy atom. The van der Waals surface area contributed by atoms with Crippen LogP contribution in [0.2, 0.25) is 5.02 Å². The molecule has 0 fully saturated rings. The van der Waals surface area contributed by atoms with Crippen LogP contribution in [0, 0.1) is 10.1 Å². The highest BCUT2D eigenvalue weighted by atomic mass is 35.5. The third kappa shape index (κ3) is 3.60. The van der Waals surface area contributed by atoms with Gasteiger partial charge < -0.3 is 5.43 Å². The molecule has 2 rings (SSSR count). The third-order valence-electron chi connectivity index (χ3n) is 2.30. The molecule has 0 unspecified atom stereocenters. The number of hydrogen-bond acceptors (Lipinski definition) is 5. The number of hydrogen-bond donors (Lipinski definition) is 2. The highest BCUT2D eigenvalue weighted by Crippen LogP contribution is 2.33. The van der Waals surface area contributed by atoms with E-state index in [0.717, 1.165) is 4.90 Å². The number of nitrogens with zero attached hydrogens (tertiary/aromatic N) is 1. The Hall–Kier alpha value is -1.76. The van der Waals surface area contributed by atoms with Gasteiger partial charge in [-0.05, 0) is 24.3 Å². The number of nitrogens with two attached hydrogens (primary N) is 1. The summed E-state index contributed by atoms with van der Waals surface area (Å²) in [5, 5.41) is 11.5. The normalized spacial score (nSPS) is 10.2. The number of nitrogens with one attached hydrogen (secondary N) is 1.